The molecule has 1 saturated heterocycles. The molecule has 0 aromatic heterocycles. The van der Waals surface area contributed by atoms with Crippen molar-refractivity contribution in [2.45, 2.75) is 19.4 Å². The van der Waals surface area contributed by atoms with Gasteiger partial charge in [-0.3, -0.25) is 4.79 Å². The minimum atomic E-state index is -0.474. The van der Waals surface area contributed by atoms with Crippen molar-refractivity contribution in [3.63, 3.8) is 0 Å². The van der Waals surface area contributed by atoms with Crippen LogP contribution in [0.1, 0.15) is 23.7 Å². The number of nitrogens with two attached hydrogens (primary N) is 2. The first-order chi connectivity index (χ1) is 8.50. The van der Waals surface area contributed by atoms with Gasteiger partial charge in [0.1, 0.15) is 0 Å². The number of carbonyl (C=O) groups is 1. The number of benzene rings is 1. The molecule has 98 valence electrons. The number of aliphatic hydroxyl groups excluding tert-OH is 1. The van der Waals surface area contributed by atoms with Gasteiger partial charge in [-0.2, -0.15) is 0 Å². The maximum absolute atomic E-state index is 11.4. The lowest BCUT2D eigenvalue weighted by molar-refractivity contribution is 0.100. The Bertz CT molecular complexity index is 460. The van der Waals surface area contributed by atoms with Crippen molar-refractivity contribution < 1.29 is 9.90 Å². The number of hydrogen-bond acceptors (Lipinski definition) is 4. The summed E-state index contributed by atoms with van der Waals surface area (Å²) in [5.41, 5.74) is 13.0. The second-order valence-corrected chi connectivity index (χ2v) is 4.84. The lowest BCUT2D eigenvalue weighted by Crippen LogP contribution is -2.27. The van der Waals surface area contributed by atoms with E-state index in [1.165, 1.54) is 0 Å². The fraction of sp³-hybridized carbons (Fsp3) is 0.462. The third kappa shape index (κ3) is 2.26. The maximum atomic E-state index is 11.4. The number of anilines is 2. The summed E-state index contributed by atoms with van der Waals surface area (Å²) in [5, 5.41) is 9.62. The van der Waals surface area contributed by atoms with Crippen LogP contribution in [0.4, 0.5) is 11.4 Å². The topological polar surface area (TPSA) is 92.6 Å². The predicted octanol–water partition coefficient (Wildman–Crippen LogP) is 0.575. The number of amides is 1. The van der Waals surface area contributed by atoms with Gasteiger partial charge < -0.3 is 21.5 Å². The van der Waals surface area contributed by atoms with E-state index in [2.05, 4.69) is 0 Å². The average Bonchev–Trinajstić information content (AvgIpc) is 2.77. The minimum Gasteiger partial charge on any atom is -0.397 e. The fourth-order valence-electron chi connectivity index (χ4n) is 2.50. The molecular weight excluding hydrogens is 230 g/mol. The predicted molar refractivity (Wildman–Crippen MR) is 71.4 cm³/mol. The van der Waals surface area contributed by atoms with Crippen LogP contribution >= 0.6 is 0 Å². The Labute approximate surface area is 106 Å². The molecule has 1 aliphatic heterocycles. The fourth-order valence-corrected chi connectivity index (χ4v) is 2.50. The highest BCUT2D eigenvalue weighted by Crippen LogP contribution is 2.33. The summed E-state index contributed by atoms with van der Waals surface area (Å²) >= 11 is 0. The molecule has 0 aliphatic carbocycles. The Morgan fingerprint density at radius 2 is 2.28 bits per heavy atom. The number of aliphatic hydroxyl groups is 1. The smallest absolute Gasteiger partial charge is 0.250 e. The van der Waals surface area contributed by atoms with Crippen LogP contribution in [0.15, 0.2) is 18.2 Å². The Balaban J connectivity index is 2.32. The maximum Gasteiger partial charge on any atom is 0.250 e. The number of carbonyl (C=O) groups excluding carboxylic acids is 1. The molecule has 1 aromatic rings. The molecule has 2 unspecified atom stereocenters. The van der Waals surface area contributed by atoms with Crippen molar-refractivity contribution in [2.75, 3.05) is 23.7 Å². The first-order valence-electron chi connectivity index (χ1n) is 6.12. The lowest BCUT2D eigenvalue weighted by Gasteiger charge is -2.23. The second kappa shape index (κ2) is 4.86. The molecular formula is C13H19N3O2. The van der Waals surface area contributed by atoms with Crippen LogP contribution in [0, 0.1) is 5.92 Å². The first kappa shape index (κ1) is 12.7. The number of hydrogen-bond donors (Lipinski definition) is 3. The third-order valence-corrected chi connectivity index (χ3v) is 3.56. The summed E-state index contributed by atoms with van der Waals surface area (Å²) < 4.78 is 0. The number of rotatable bonds is 3. The number of para-hydroxylation sites is 1. The van der Waals surface area contributed by atoms with Gasteiger partial charge >= 0.3 is 0 Å². The van der Waals surface area contributed by atoms with E-state index in [4.69, 9.17) is 11.5 Å². The zero-order chi connectivity index (χ0) is 13.3. The summed E-state index contributed by atoms with van der Waals surface area (Å²) in [5.74, 6) is -0.261. The van der Waals surface area contributed by atoms with Gasteiger partial charge in [-0.1, -0.05) is 6.07 Å². The normalized spacial score (nSPS) is 21.0. The molecule has 5 nitrogen and oxygen atoms in total. The molecule has 5 N–H and O–H groups in total. The highest BCUT2D eigenvalue weighted by Gasteiger charge is 2.29. The molecule has 0 saturated carbocycles. The van der Waals surface area contributed by atoms with Crippen molar-refractivity contribution in [1.29, 1.82) is 0 Å². The number of primary amides is 1. The molecule has 1 fully saturated rings. The standard InChI is InChI=1S/C13H19N3O2/c1-8(17)9-5-6-16(7-9)12-10(13(15)18)3-2-4-11(12)14/h2-4,8-9,17H,5-7,14H2,1H3,(H2,15,18). The molecule has 0 spiro atoms. The molecule has 1 amide bonds. The van der Waals surface area contributed by atoms with E-state index in [1.54, 1.807) is 25.1 Å². The zero-order valence-electron chi connectivity index (χ0n) is 10.5. The zero-order valence-corrected chi connectivity index (χ0v) is 10.5. The average molecular weight is 249 g/mol. The van der Waals surface area contributed by atoms with Crippen LogP contribution in [0.2, 0.25) is 0 Å². The third-order valence-electron chi connectivity index (χ3n) is 3.56. The van der Waals surface area contributed by atoms with Crippen molar-refractivity contribution in [2.24, 2.45) is 11.7 Å². The van der Waals surface area contributed by atoms with Gasteiger partial charge in [-0.15, -0.1) is 0 Å². The summed E-state index contributed by atoms with van der Waals surface area (Å²) in [6.07, 6.45) is 0.543. The van der Waals surface area contributed by atoms with Gasteiger partial charge in [0.25, 0.3) is 5.91 Å². The van der Waals surface area contributed by atoms with E-state index in [0.717, 1.165) is 13.0 Å². The van der Waals surface area contributed by atoms with Crippen LogP contribution in [0.3, 0.4) is 0 Å². The Morgan fingerprint density at radius 1 is 1.56 bits per heavy atom. The van der Waals surface area contributed by atoms with Gasteiger partial charge in [0.2, 0.25) is 0 Å². The van der Waals surface area contributed by atoms with Crippen LogP contribution in [-0.2, 0) is 0 Å². The molecule has 0 bridgehead atoms. The SMILES string of the molecule is CC(O)C1CCN(c2c(N)cccc2C(N)=O)C1. The highest BCUT2D eigenvalue weighted by molar-refractivity contribution is 6.01. The van der Waals surface area contributed by atoms with Gasteiger partial charge in [0.15, 0.2) is 0 Å². The summed E-state index contributed by atoms with van der Waals surface area (Å²) in [4.78, 5) is 13.5. The molecule has 0 radical (unpaired) electrons. The Kier molecular flexibility index (Phi) is 3.43. The first-order valence-corrected chi connectivity index (χ1v) is 6.12. The summed E-state index contributed by atoms with van der Waals surface area (Å²) in [6, 6.07) is 5.17. The van der Waals surface area contributed by atoms with E-state index >= 15 is 0 Å². The van der Waals surface area contributed by atoms with Crippen LogP contribution in [0.25, 0.3) is 0 Å². The molecule has 18 heavy (non-hydrogen) atoms. The van der Waals surface area contributed by atoms with E-state index in [-0.39, 0.29) is 12.0 Å². The van der Waals surface area contributed by atoms with Gasteiger partial charge in [-0.05, 0) is 25.5 Å². The van der Waals surface area contributed by atoms with Gasteiger partial charge in [0, 0.05) is 19.0 Å². The quantitative estimate of drug-likeness (QED) is 0.683. The number of nitrogen functional groups attached to an aromatic ring is 1. The molecule has 1 aromatic carbocycles. The Morgan fingerprint density at radius 3 is 2.83 bits per heavy atom. The van der Waals surface area contributed by atoms with Gasteiger partial charge in [-0.25, -0.2) is 0 Å². The van der Waals surface area contributed by atoms with Crippen LogP contribution < -0.4 is 16.4 Å². The van der Waals surface area contributed by atoms with E-state index < -0.39 is 5.91 Å². The lowest BCUT2D eigenvalue weighted by atomic mass is 10.0. The number of nitrogens with zero attached hydrogens (tertiary/aromatic N) is 1. The van der Waals surface area contributed by atoms with Crippen LogP contribution in [0.5, 0.6) is 0 Å². The van der Waals surface area contributed by atoms with Crippen LogP contribution in [-0.4, -0.2) is 30.2 Å². The highest BCUT2D eigenvalue weighted by atomic mass is 16.3. The summed E-state index contributed by atoms with van der Waals surface area (Å²) in [7, 11) is 0. The summed E-state index contributed by atoms with van der Waals surface area (Å²) in [6.45, 7) is 3.27. The second-order valence-electron chi connectivity index (χ2n) is 4.84. The van der Waals surface area contributed by atoms with E-state index in [1.807, 2.05) is 4.90 Å². The van der Waals surface area contributed by atoms with Crippen molar-refractivity contribution >= 4 is 17.3 Å². The van der Waals surface area contributed by atoms with E-state index in [0.29, 0.717) is 23.5 Å². The largest absolute Gasteiger partial charge is 0.397 e. The molecule has 2 atom stereocenters. The molecule has 5 heteroatoms. The van der Waals surface area contributed by atoms with E-state index in [9.17, 15) is 9.90 Å². The van der Waals surface area contributed by atoms with Gasteiger partial charge in [0.05, 0.1) is 23.0 Å². The Hall–Kier alpha value is -1.75. The molecule has 2 rings (SSSR count). The monoisotopic (exact) mass is 249 g/mol. The van der Waals surface area contributed by atoms with Crippen molar-refractivity contribution in [1.82, 2.24) is 0 Å². The van der Waals surface area contributed by atoms with Crippen molar-refractivity contribution in [3.8, 4) is 0 Å². The molecule has 1 aliphatic rings. The van der Waals surface area contributed by atoms with Crippen molar-refractivity contribution in [3.05, 3.63) is 23.8 Å². The minimum absolute atomic E-state index is 0.213. The molecule has 1 heterocycles.